The molecule has 1 fully saturated rings. The summed E-state index contributed by atoms with van der Waals surface area (Å²) < 4.78 is 0. The normalized spacial score (nSPS) is 26.9. The summed E-state index contributed by atoms with van der Waals surface area (Å²) in [6.45, 7) is 3.24. The van der Waals surface area contributed by atoms with Crippen LogP contribution in [0.3, 0.4) is 0 Å². The molecule has 0 aliphatic carbocycles. The zero-order chi connectivity index (χ0) is 9.97. The van der Waals surface area contributed by atoms with Crippen LogP contribution in [-0.4, -0.2) is 17.5 Å². The maximum Gasteiger partial charge on any atom is 0.0468 e. The van der Waals surface area contributed by atoms with Gasteiger partial charge in [0, 0.05) is 28.9 Å². The highest BCUT2D eigenvalue weighted by Gasteiger charge is 2.23. The lowest BCUT2D eigenvalue weighted by atomic mass is 10.1. The number of hydrogen-bond acceptors (Lipinski definition) is 4. The van der Waals surface area contributed by atoms with Crippen LogP contribution >= 0.6 is 23.1 Å². The minimum absolute atomic E-state index is 0.668. The van der Waals surface area contributed by atoms with Crippen LogP contribution in [0, 0.1) is 5.92 Å². The Morgan fingerprint density at radius 1 is 1.57 bits per heavy atom. The van der Waals surface area contributed by atoms with Crippen LogP contribution in [0.5, 0.6) is 0 Å². The molecule has 1 saturated heterocycles. The van der Waals surface area contributed by atoms with Gasteiger partial charge >= 0.3 is 0 Å². The Kier molecular flexibility index (Phi) is 3.36. The minimum Gasteiger partial charge on any atom is -0.398 e. The largest absolute Gasteiger partial charge is 0.398 e. The molecule has 2 unspecified atom stereocenters. The quantitative estimate of drug-likeness (QED) is 0.832. The second-order valence-electron chi connectivity index (χ2n) is 3.80. The molecule has 2 heterocycles. The number of nitrogen functional groups attached to an aromatic ring is 1. The number of anilines is 1. The lowest BCUT2D eigenvalue weighted by molar-refractivity contribution is 0.455. The summed E-state index contributed by atoms with van der Waals surface area (Å²) in [6.07, 6.45) is 0. The molecule has 2 rings (SSSR count). The van der Waals surface area contributed by atoms with E-state index in [1.165, 1.54) is 16.4 Å². The van der Waals surface area contributed by atoms with Gasteiger partial charge in [-0.25, -0.2) is 0 Å². The zero-order valence-electron chi connectivity index (χ0n) is 8.32. The average molecular weight is 228 g/mol. The van der Waals surface area contributed by atoms with Crippen LogP contribution in [0.4, 0.5) is 5.69 Å². The van der Waals surface area contributed by atoms with Gasteiger partial charge in [0.1, 0.15) is 0 Å². The number of nitrogens with two attached hydrogens (primary N) is 1. The summed E-state index contributed by atoms with van der Waals surface area (Å²) in [5.74, 6) is 3.32. The average Bonchev–Trinajstić information content (AvgIpc) is 2.72. The Morgan fingerprint density at radius 3 is 3.00 bits per heavy atom. The molecule has 0 saturated carbocycles. The monoisotopic (exact) mass is 228 g/mol. The summed E-state index contributed by atoms with van der Waals surface area (Å²) in [4.78, 5) is 1.27. The van der Waals surface area contributed by atoms with E-state index in [1.807, 2.05) is 17.8 Å². The molecule has 78 valence electrons. The molecule has 1 aliphatic heterocycles. The van der Waals surface area contributed by atoms with Crippen molar-refractivity contribution in [2.24, 2.45) is 5.92 Å². The third-order valence-electron chi connectivity index (χ3n) is 2.67. The van der Waals surface area contributed by atoms with Crippen molar-refractivity contribution in [3.8, 4) is 0 Å². The zero-order valence-corrected chi connectivity index (χ0v) is 9.96. The molecule has 2 atom stereocenters. The van der Waals surface area contributed by atoms with E-state index in [9.17, 15) is 0 Å². The molecule has 0 radical (unpaired) electrons. The fraction of sp³-hybridized carbons (Fsp3) is 0.600. The second-order valence-corrected chi connectivity index (χ2v) is 5.88. The minimum atomic E-state index is 0.668. The summed E-state index contributed by atoms with van der Waals surface area (Å²) in [5, 5.41) is 5.64. The molecule has 4 heteroatoms. The Balaban J connectivity index is 1.85. The van der Waals surface area contributed by atoms with Crippen LogP contribution in [0.2, 0.25) is 0 Å². The first-order chi connectivity index (χ1) is 6.77. The van der Waals surface area contributed by atoms with Crippen LogP contribution < -0.4 is 11.1 Å². The van der Waals surface area contributed by atoms with E-state index < -0.39 is 0 Å². The molecule has 2 nitrogen and oxygen atoms in total. The first kappa shape index (κ1) is 10.3. The summed E-state index contributed by atoms with van der Waals surface area (Å²) in [6, 6.07) is 2.65. The molecule has 0 amide bonds. The maximum atomic E-state index is 5.83. The number of hydrogen-bond donors (Lipinski definition) is 2. The van der Waals surface area contributed by atoms with Crippen molar-refractivity contribution in [1.82, 2.24) is 5.32 Å². The van der Waals surface area contributed by atoms with E-state index in [0.717, 1.165) is 18.2 Å². The Labute approximate surface area is 93.3 Å². The van der Waals surface area contributed by atoms with Crippen LogP contribution in [-0.2, 0) is 6.54 Å². The van der Waals surface area contributed by atoms with Crippen molar-refractivity contribution in [2.75, 3.05) is 17.2 Å². The SMILES string of the molecule is CC1CSCC1NCc1sccc1N. The molecular formula is C10H16N2S2. The van der Waals surface area contributed by atoms with E-state index in [4.69, 9.17) is 5.73 Å². The second kappa shape index (κ2) is 4.55. The van der Waals surface area contributed by atoms with E-state index in [1.54, 1.807) is 11.3 Å². The molecule has 14 heavy (non-hydrogen) atoms. The van der Waals surface area contributed by atoms with Gasteiger partial charge in [-0.05, 0) is 23.1 Å². The smallest absolute Gasteiger partial charge is 0.0468 e. The Hall–Kier alpha value is -0.190. The lowest BCUT2D eigenvalue weighted by Gasteiger charge is -2.15. The molecule has 1 aromatic rings. The van der Waals surface area contributed by atoms with Crippen LogP contribution in [0.25, 0.3) is 0 Å². The Bertz CT molecular complexity index is 298. The van der Waals surface area contributed by atoms with Gasteiger partial charge in [0.15, 0.2) is 0 Å². The van der Waals surface area contributed by atoms with Crippen LogP contribution in [0.15, 0.2) is 11.4 Å². The van der Waals surface area contributed by atoms with Gasteiger partial charge in [0.25, 0.3) is 0 Å². The lowest BCUT2D eigenvalue weighted by Crippen LogP contribution is -2.33. The predicted molar refractivity (Wildman–Crippen MR) is 65.8 cm³/mol. The topological polar surface area (TPSA) is 38.0 Å². The molecular weight excluding hydrogens is 212 g/mol. The third kappa shape index (κ3) is 2.24. The fourth-order valence-corrected chi connectivity index (χ4v) is 3.83. The van der Waals surface area contributed by atoms with Crippen molar-refractivity contribution in [2.45, 2.75) is 19.5 Å². The molecule has 1 aromatic heterocycles. The molecule has 0 bridgehead atoms. The molecule has 0 aromatic carbocycles. The Morgan fingerprint density at radius 2 is 2.43 bits per heavy atom. The van der Waals surface area contributed by atoms with Crippen molar-refractivity contribution < 1.29 is 0 Å². The van der Waals surface area contributed by atoms with Gasteiger partial charge in [-0.1, -0.05) is 6.92 Å². The maximum absolute atomic E-state index is 5.83. The number of rotatable bonds is 3. The van der Waals surface area contributed by atoms with Gasteiger partial charge < -0.3 is 11.1 Å². The number of thioether (sulfide) groups is 1. The van der Waals surface area contributed by atoms with E-state index in [2.05, 4.69) is 17.6 Å². The number of thiophene rings is 1. The van der Waals surface area contributed by atoms with Crippen molar-refractivity contribution in [1.29, 1.82) is 0 Å². The van der Waals surface area contributed by atoms with Gasteiger partial charge in [-0.3, -0.25) is 0 Å². The summed E-state index contributed by atoms with van der Waals surface area (Å²) >= 11 is 3.78. The first-order valence-corrected chi connectivity index (χ1v) is 6.94. The van der Waals surface area contributed by atoms with Gasteiger partial charge in [-0.15, -0.1) is 11.3 Å². The third-order valence-corrected chi connectivity index (χ3v) is 4.96. The van der Waals surface area contributed by atoms with Crippen LogP contribution in [0.1, 0.15) is 11.8 Å². The van der Waals surface area contributed by atoms with Gasteiger partial charge in [0.05, 0.1) is 0 Å². The molecule has 1 aliphatic rings. The summed E-state index contributed by atoms with van der Waals surface area (Å²) in [5.41, 5.74) is 6.76. The fourth-order valence-electron chi connectivity index (χ4n) is 1.64. The van der Waals surface area contributed by atoms with E-state index >= 15 is 0 Å². The van der Waals surface area contributed by atoms with Crippen molar-refractivity contribution in [3.05, 3.63) is 16.3 Å². The molecule has 0 spiro atoms. The first-order valence-electron chi connectivity index (χ1n) is 4.90. The van der Waals surface area contributed by atoms with Crippen molar-refractivity contribution >= 4 is 28.8 Å². The standard InChI is InChI=1S/C10H16N2S2/c1-7-5-13-6-9(7)12-4-10-8(11)2-3-14-10/h2-3,7,9,12H,4-6,11H2,1H3. The highest BCUT2D eigenvalue weighted by atomic mass is 32.2. The highest BCUT2D eigenvalue weighted by molar-refractivity contribution is 7.99. The van der Waals surface area contributed by atoms with Crippen molar-refractivity contribution in [3.63, 3.8) is 0 Å². The van der Waals surface area contributed by atoms with Gasteiger partial charge in [0.2, 0.25) is 0 Å². The van der Waals surface area contributed by atoms with E-state index in [-0.39, 0.29) is 0 Å². The predicted octanol–water partition coefficient (Wildman–Crippen LogP) is 2.17. The molecule has 3 N–H and O–H groups in total. The number of nitrogens with one attached hydrogen (secondary N) is 1. The van der Waals surface area contributed by atoms with Gasteiger partial charge in [-0.2, -0.15) is 11.8 Å². The van der Waals surface area contributed by atoms with E-state index in [0.29, 0.717) is 6.04 Å². The summed E-state index contributed by atoms with van der Waals surface area (Å²) in [7, 11) is 0. The highest BCUT2D eigenvalue weighted by Crippen LogP contribution is 2.25.